The van der Waals surface area contributed by atoms with Gasteiger partial charge in [0.15, 0.2) is 5.13 Å². The zero-order chi connectivity index (χ0) is 19.5. The fraction of sp³-hybridized carbons (Fsp3) is 0.722. The molecule has 1 fully saturated rings. The SMILES string of the molecule is CCCN(C(=O)OC(C)(C)C)C1CN(c2nc(C)c(C(=O)OCC)s2)C1. The Bertz CT molecular complexity index is 647. The maximum absolute atomic E-state index is 12.5. The fourth-order valence-electron chi connectivity index (χ4n) is 2.70. The molecule has 1 saturated heterocycles. The van der Waals surface area contributed by atoms with Gasteiger partial charge in [0.05, 0.1) is 18.3 Å². The lowest BCUT2D eigenvalue weighted by Gasteiger charge is -2.45. The highest BCUT2D eigenvalue weighted by molar-refractivity contribution is 7.17. The van der Waals surface area contributed by atoms with Gasteiger partial charge >= 0.3 is 12.1 Å². The molecule has 1 aromatic rings. The summed E-state index contributed by atoms with van der Waals surface area (Å²) in [4.78, 5) is 33.3. The second-order valence-corrected chi connectivity index (χ2v) is 8.34. The van der Waals surface area contributed by atoms with Gasteiger partial charge in [-0.2, -0.15) is 0 Å². The van der Waals surface area contributed by atoms with Gasteiger partial charge in [0, 0.05) is 19.6 Å². The molecule has 0 spiro atoms. The fourth-order valence-corrected chi connectivity index (χ4v) is 3.68. The molecule has 1 aliphatic rings. The normalized spacial score (nSPS) is 14.8. The number of thiazole rings is 1. The molecule has 0 aromatic carbocycles. The Morgan fingerprint density at radius 1 is 1.31 bits per heavy atom. The summed E-state index contributed by atoms with van der Waals surface area (Å²) in [6.45, 7) is 13.7. The van der Waals surface area contributed by atoms with Crippen molar-refractivity contribution < 1.29 is 19.1 Å². The van der Waals surface area contributed by atoms with Crippen molar-refractivity contribution in [1.29, 1.82) is 0 Å². The molecule has 2 rings (SSSR count). The van der Waals surface area contributed by atoms with E-state index in [2.05, 4.69) is 9.88 Å². The highest BCUT2D eigenvalue weighted by Gasteiger charge is 2.38. The monoisotopic (exact) mass is 383 g/mol. The Morgan fingerprint density at radius 3 is 2.50 bits per heavy atom. The lowest BCUT2D eigenvalue weighted by atomic mass is 10.1. The van der Waals surface area contributed by atoms with E-state index in [0.29, 0.717) is 36.8 Å². The predicted octanol–water partition coefficient (Wildman–Crippen LogP) is 3.46. The number of hydrogen-bond donors (Lipinski definition) is 0. The van der Waals surface area contributed by atoms with E-state index in [1.807, 2.05) is 34.6 Å². The van der Waals surface area contributed by atoms with E-state index in [-0.39, 0.29) is 18.1 Å². The van der Waals surface area contributed by atoms with E-state index in [4.69, 9.17) is 9.47 Å². The number of amides is 1. The molecular formula is C18H29N3O4S. The van der Waals surface area contributed by atoms with Crippen LogP contribution in [0, 0.1) is 6.92 Å². The van der Waals surface area contributed by atoms with Gasteiger partial charge in [-0.05, 0) is 41.0 Å². The molecular weight excluding hydrogens is 354 g/mol. The summed E-state index contributed by atoms with van der Waals surface area (Å²) < 4.78 is 10.6. The van der Waals surface area contributed by atoms with Crippen LogP contribution in [0.25, 0.3) is 0 Å². The first kappa shape index (κ1) is 20.5. The first-order valence-electron chi connectivity index (χ1n) is 9.05. The predicted molar refractivity (Wildman–Crippen MR) is 102 cm³/mol. The number of rotatable bonds is 6. The summed E-state index contributed by atoms with van der Waals surface area (Å²) in [5, 5.41) is 0.794. The van der Waals surface area contributed by atoms with E-state index in [1.54, 1.807) is 11.8 Å². The van der Waals surface area contributed by atoms with Gasteiger partial charge in [0.25, 0.3) is 0 Å². The van der Waals surface area contributed by atoms with Crippen molar-refractivity contribution in [1.82, 2.24) is 9.88 Å². The minimum Gasteiger partial charge on any atom is -0.462 e. The summed E-state index contributed by atoms with van der Waals surface area (Å²) >= 11 is 1.34. The molecule has 1 aliphatic heterocycles. The molecule has 0 bridgehead atoms. The van der Waals surface area contributed by atoms with Crippen LogP contribution in [-0.4, -0.2) is 59.8 Å². The quantitative estimate of drug-likeness (QED) is 0.701. The van der Waals surface area contributed by atoms with E-state index in [9.17, 15) is 9.59 Å². The van der Waals surface area contributed by atoms with Crippen molar-refractivity contribution in [2.45, 2.75) is 59.6 Å². The van der Waals surface area contributed by atoms with Crippen molar-refractivity contribution in [2.75, 3.05) is 31.1 Å². The number of anilines is 1. The second kappa shape index (κ2) is 8.24. The first-order chi connectivity index (χ1) is 12.2. The molecule has 0 aliphatic carbocycles. The van der Waals surface area contributed by atoms with Crippen LogP contribution in [0.2, 0.25) is 0 Å². The Kier molecular flexibility index (Phi) is 6.49. The number of nitrogens with zero attached hydrogens (tertiary/aromatic N) is 3. The lowest BCUT2D eigenvalue weighted by Crippen LogP contribution is -2.61. The van der Waals surface area contributed by atoms with Crippen LogP contribution in [0.3, 0.4) is 0 Å². The van der Waals surface area contributed by atoms with Crippen LogP contribution < -0.4 is 4.90 Å². The number of esters is 1. The van der Waals surface area contributed by atoms with Gasteiger partial charge in [-0.3, -0.25) is 0 Å². The first-order valence-corrected chi connectivity index (χ1v) is 9.87. The molecule has 1 aromatic heterocycles. The third-order valence-electron chi connectivity index (χ3n) is 3.91. The van der Waals surface area contributed by atoms with Crippen molar-refractivity contribution in [2.24, 2.45) is 0 Å². The minimum atomic E-state index is -0.506. The number of carbonyl (C=O) groups is 2. The molecule has 0 saturated carbocycles. The Hall–Kier alpha value is -1.83. The van der Waals surface area contributed by atoms with E-state index in [1.165, 1.54) is 11.3 Å². The molecule has 0 N–H and O–H groups in total. The van der Waals surface area contributed by atoms with Crippen LogP contribution in [-0.2, 0) is 9.47 Å². The maximum Gasteiger partial charge on any atom is 0.410 e. The highest BCUT2D eigenvalue weighted by Crippen LogP contribution is 2.31. The van der Waals surface area contributed by atoms with Crippen LogP contribution in [0.5, 0.6) is 0 Å². The molecule has 0 atom stereocenters. The van der Waals surface area contributed by atoms with Gasteiger partial charge in [-0.15, -0.1) is 0 Å². The molecule has 8 heteroatoms. The van der Waals surface area contributed by atoms with Gasteiger partial charge < -0.3 is 19.3 Å². The molecule has 7 nitrogen and oxygen atoms in total. The summed E-state index contributed by atoms with van der Waals surface area (Å²) in [6, 6.07) is 0.0973. The largest absolute Gasteiger partial charge is 0.462 e. The van der Waals surface area contributed by atoms with Gasteiger partial charge in [0.2, 0.25) is 0 Å². The Balaban J connectivity index is 2.01. The van der Waals surface area contributed by atoms with Crippen LogP contribution in [0.15, 0.2) is 0 Å². The summed E-state index contributed by atoms with van der Waals surface area (Å²) in [5.41, 5.74) is 0.178. The van der Waals surface area contributed by atoms with E-state index >= 15 is 0 Å². The molecule has 146 valence electrons. The number of ether oxygens (including phenoxy) is 2. The lowest BCUT2D eigenvalue weighted by molar-refractivity contribution is 0.0131. The number of carbonyl (C=O) groups excluding carboxylic acids is 2. The molecule has 0 unspecified atom stereocenters. The average Bonchev–Trinajstić information content (AvgIpc) is 2.85. The molecule has 1 amide bonds. The standard InChI is InChI=1S/C18H29N3O4S/c1-7-9-21(17(23)25-18(4,5)6)13-10-20(11-13)16-19-12(3)14(26-16)15(22)24-8-2/h13H,7-11H2,1-6H3. The number of hydrogen-bond acceptors (Lipinski definition) is 7. The van der Waals surface area contributed by atoms with E-state index < -0.39 is 5.60 Å². The van der Waals surface area contributed by atoms with Crippen molar-refractivity contribution in [3.05, 3.63) is 10.6 Å². The van der Waals surface area contributed by atoms with Gasteiger partial charge in [-0.25, -0.2) is 14.6 Å². The topological polar surface area (TPSA) is 72.0 Å². The van der Waals surface area contributed by atoms with Gasteiger partial charge in [0.1, 0.15) is 10.5 Å². The summed E-state index contributed by atoms with van der Waals surface area (Å²) in [7, 11) is 0. The van der Waals surface area contributed by atoms with Crippen LogP contribution in [0.4, 0.5) is 9.93 Å². The second-order valence-electron chi connectivity index (χ2n) is 7.36. The third-order valence-corrected chi connectivity index (χ3v) is 5.11. The summed E-state index contributed by atoms with van der Waals surface area (Å²) in [5.74, 6) is -0.327. The molecule has 26 heavy (non-hydrogen) atoms. The zero-order valence-corrected chi connectivity index (χ0v) is 17.3. The van der Waals surface area contributed by atoms with Crippen molar-refractivity contribution in [3.63, 3.8) is 0 Å². The van der Waals surface area contributed by atoms with Gasteiger partial charge in [-0.1, -0.05) is 18.3 Å². The number of aryl methyl sites for hydroxylation is 1. The van der Waals surface area contributed by atoms with Crippen molar-refractivity contribution >= 4 is 28.5 Å². The zero-order valence-electron chi connectivity index (χ0n) is 16.5. The Morgan fingerprint density at radius 2 is 1.96 bits per heavy atom. The molecule has 2 heterocycles. The average molecular weight is 384 g/mol. The number of aromatic nitrogens is 1. The third kappa shape index (κ3) is 4.87. The van der Waals surface area contributed by atoms with Crippen molar-refractivity contribution in [3.8, 4) is 0 Å². The van der Waals surface area contributed by atoms with E-state index in [0.717, 1.165) is 11.6 Å². The smallest absolute Gasteiger partial charge is 0.410 e. The highest BCUT2D eigenvalue weighted by atomic mass is 32.1. The Labute approximate surface area is 159 Å². The minimum absolute atomic E-state index is 0.0973. The van der Waals surface area contributed by atoms with Crippen LogP contribution >= 0.6 is 11.3 Å². The molecule has 0 radical (unpaired) electrons. The summed E-state index contributed by atoms with van der Waals surface area (Å²) in [6.07, 6.45) is 0.602. The van der Waals surface area contributed by atoms with Crippen LogP contribution in [0.1, 0.15) is 56.4 Å². The maximum atomic E-state index is 12.5.